The number of amides is 4. The number of carboxylic acids is 2. The number of aliphatic carboxylic acids is 2. The number of likely N-dealkylation sites (tertiary alicyclic amines) is 2. The van der Waals surface area contributed by atoms with Crippen LogP contribution in [0.1, 0.15) is 64.9 Å². The summed E-state index contributed by atoms with van der Waals surface area (Å²) in [4.78, 5) is 74.5. The molecule has 0 aliphatic carbocycles. The van der Waals surface area contributed by atoms with E-state index in [0.29, 0.717) is 57.5 Å². The van der Waals surface area contributed by atoms with Gasteiger partial charge in [-0.2, -0.15) is 0 Å². The Morgan fingerprint density at radius 2 is 1.44 bits per heavy atom. The van der Waals surface area contributed by atoms with E-state index in [1.807, 2.05) is 54.0 Å². The predicted molar refractivity (Wildman–Crippen MR) is 179 cm³/mol. The van der Waals surface area contributed by atoms with Crippen LogP contribution in [-0.4, -0.2) is 106 Å². The molecule has 14 heteroatoms. The van der Waals surface area contributed by atoms with Crippen molar-refractivity contribution in [3.8, 4) is 0 Å². The largest absolute Gasteiger partial charge is 0.478 e. The molecular formula is C34H52N6O8. The molecule has 1 spiro atoms. The van der Waals surface area contributed by atoms with E-state index >= 15 is 0 Å². The molecule has 266 valence electrons. The van der Waals surface area contributed by atoms with Gasteiger partial charge in [0.05, 0.1) is 6.04 Å². The summed E-state index contributed by atoms with van der Waals surface area (Å²) in [6, 6.07) is 7.24. The summed E-state index contributed by atoms with van der Waals surface area (Å²) >= 11 is 0. The highest BCUT2D eigenvalue weighted by Crippen LogP contribution is 2.40. The summed E-state index contributed by atoms with van der Waals surface area (Å²) in [7, 11) is 0. The van der Waals surface area contributed by atoms with Crippen LogP contribution >= 0.6 is 0 Å². The highest BCUT2D eigenvalue weighted by molar-refractivity contribution is 5.93. The summed E-state index contributed by atoms with van der Waals surface area (Å²) < 4.78 is 0. The second kappa shape index (κ2) is 19.5. The maximum Gasteiger partial charge on any atom is 0.328 e. The van der Waals surface area contributed by atoms with E-state index in [2.05, 4.69) is 10.6 Å². The van der Waals surface area contributed by atoms with Crippen LogP contribution in [0.5, 0.6) is 0 Å². The van der Waals surface area contributed by atoms with Gasteiger partial charge in [0, 0.05) is 50.7 Å². The molecule has 14 nitrogen and oxygen atoms in total. The lowest BCUT2D eigenvalue weighted by molar-refractivity contribution is -0.149. The van der Waals surface area contributed by atoms with Crippen molar-refractivity contribution >= 4 is 35.6 Å². The second-order valence-corrected chi connectivity index (χ2v) is 13.0. The number of carbonyl (C=O) groups is 6. The zero-order chi connectivity index (χ0) is 35.9. The number of piperidine rings is 1. The first-order valence-corrected chi connectivity index (χ1v) is 16.4. The molecule has 2 aliphatic rings. The van der Waals surface area contributed by atoms with Crippen molar-refractivity contribution in [1.82, 2.24) is 20.4 Å². The Morgan fingerprint density at radius 3 is 1.94 bits per heavy atom. The van der Waals surface area contributed by atoms with E-state index in [0.717, 1.165) is 37.9 Å². The van der Waals surface area contributed by atoms with Crippen molar-refractivity contribution in [2.45, 2.75) is 83.8 Å². The van der Waals surface area contributed by atoms with Crippen LogP contribution in [0.2, 0.25) is 0 Å². The van der Waals surface area contributed by atoms with Crippen molar-refractivity contribution in [3.05, 3.63) is 48.0 Å². The molecule has 8 N–H and O–H groups in total. The Labute approximate surface area is 282 Å². The number of benzene rings is 1. The molecule has 1 aromatic carbocycles. The number of nitrogens with one attached hydrogen (secondary N) is 2. The molecular weight excluding hydrogens is 620 g/mol. The van der Waals surface area contributed by atoms with Crippen LogP contribution in [0.15, 0.2) is 42.5 Å². The van der Waals surface area contributed by atoms with Crippen molar-refractivity contribution < 1.29 is 39.0 Å². The van der Waals surface area contributed by atoms with Crippen LogP contribution in [0.3, 0.4) is 0 Å². The van der Waals surface area contributed by atoms with Crippen molar-refractivity contribution in [2.24, 2.45) is 22.8 Å². The third-order valence-electron chi connectivity index (χ3n) is 8.54. The molecule has 0 saturated carbocycles. The van der Waals surface area contributed by atoms with Gasteiger partial charge in [-0.05, 0) is 63.0 Å². The van der Waals surface area contributed by atoms with Gasteiger partial charge in [0.25, 0.3) is 0 Å². The van der Waals surface area contributed by atoms with Gasteiger partial charge in [0.2, 0.25) is 23.6 Å². The summed E-state index contributed by atoms with van der Waals surface area (Å²) in [5.74, 6) is -3.14. The van der Waals surface area contributed by atoms with Gasteiger partial charge in [0.15, 0.2) is 0 Å². The molecule has 3 atom stereocenters. The van der Waals surface area contributed by atoms with Crippen LogP contribution in [0.4, 0.5) is 0 Å². The number of nitrogens with zero attached hydrogens (tertiary/aromatic N) is 2. The van der Waals surface area contributed by atoms with Gasteiger partial charge in [-0.25, -0.2) is 9.59 Å². The molecule has 1 aromatic rings. The fraction of sp³-hybridized carbons (Fsp3) is 0.588. The number of rotatable bonds is 15. The number of nitrogens with two attached hydrogens (primary N) is 2. The van der Waals surface area contributed by atoms with Gasteiger partial charge in [-0.1, -0.05) is 44.2 Å². The molecule has 0 unspecified atom stereocenters. The summed E-state index contributed by atoms with van der Waals surface area (Å²) in [6.45, 7) is 8.79. The van der Waals surface area contributed by atoms with Gasteiger partial charge in [0.1, 0.15) is 12.1 Å². The quantitative estimate of drug-likeness (QED) is 0.114. The third-order valence-corrected chi connectivity index (χ3v) is 8.54. The summed E-state index contributed by atoms with van der Waals surface area (Å²) in [5.41, 5.74) is 12.9. The highest BCUT2D eigenvalue weighted by Gasteiger charge is 2.47. The van der Waals surface area contributed by atoms with Crippen LogP contribution in [-0.2, 0) is 35.2 Å². The monoisotopic (exact) mass is 672 g/mol. The summed E-state index contributed by atoms with van der Waals surface area (Å²) in [6.07, 6.45) is 5.55. The van der Waals surface area contributed by atoms with Crippen molar-refractivity contribution in [3.63, 3.8) is 0 Å². The zero-order valence-electron chi connectivity index (χ0n) is 28.2. The minimum Gasteiger partial charge on any atom is -0.478 e. The Morgan fingerprint density at radius 1 is 0.875 bits per heavy atom. The number of hydrogen-bond donors (Lipinski definition) is 6. The number of hydrogen-bond acceptors (Lipinski definition) is 8. The average Bonchev–Trinajstić information content (AvgIpc) is 3.02. The molecule has 2 fully saturated rings. The predicted octanol–water partition coefficient (Wildman–Crippen LogP) is 0.884. The molecule has 0 aromatic heterocycles. The van der Waals surface area contributed by atoms with Gasteiger partial charge < -0.3 is 42.1 Å². The van der Waals surface area contributed by atoms with E-state index in [4.69, 9.17) is 21.7 Å². The molecule has 3 rings (SSSR count). The van der Waals surface area contributed by atoms with Crippen LogP contribution in [0.25, 0.3) is 0 Å². The minimum atomic E-state index is -1.26. The zero-order valence-corrected chi connectivity index (χ0v) is 28.2. The number of carboxylic acid groups (broad SMARTS) is 2. The van der Waals surface area contributed by atoms with Gasteiger partial charge in [-0.15, -0.1) is 0 Å². The van der Waals surface area contributed by atoms with E-state index in [1.165, 1.54) is 0 Å². The maximum absolute atomic E-state index is 13.6. The first-order valence-electron chi connectivity index (χ1n) is 16.4. The molecule has 0 radical (unpaired) electrons. The van der Waals surface area contributed by atoms with E-state index in [9.17, 15) is 28.8 Å². The normalized spacial score (nSPS) is 17.0. The Bertz CT molecular complexity index is 1260. The van der Waals surface area contributed by atoms with E-state index < -0.39 is 36.0 Å². The lowest BCUT2D eigenvalue weighted by Crippen LogP contribution is -2.63. The molecule has 48 heavy (non-hydrogen) atoms. The fourth-order valence-corrected chi connectivity index (χ4v) is 5.83. The lowest BCUT2D eigenvalue weighted by Gasteiger charge is -2.54. The van der Waals surface area contributed by atoms with Gasteiger partial charge in [-0.3, -0.25) is 19.2 Å². The first kappa shape index (κ1) is 39.9. The Balaban J connectivity index is 0.000000886. The molecule has 2 aliphatic heterocycles. The van der Waals surface area contributed by atoms with E-state index in [1.54, 1.807) is 6.92 Å². The standard InChI is InChI=1S/C30H48N6O4.C4H4O4/c1-21(2)17-26(34-27(38)24(32)18-23-9-5-4-6-10-23)28(39)33-25(11-7-8-14-31)29(40)35-15-12-30(13-16-35)19-36(20-30)22(3)37;5-3(6)1-2-4(7)8/h4-6,9-10,21,24-26H,7-8,11-20,31-32H2,1-3H3,(H,33,39)(H,34,38);1-2H,(H,5,6)(H,7,8)/b;2-1+/t24-,25-,26-;/m1./s1. The molecule has 4 amide bonds. The lowest BCUT2D eigenvalue weighted by atomic mass is 9.72. The smallest absolute Gasteiger partial charge is 0.328 e. The maximum atomic E-state index is 13.6. The molecule has 0 bridgehead atoms. The van der Waals surface area contributed by atoms with Gasteiger partial charge >= 0.3 is 11.9 Å². The van der Waals surface area contributed by atoms with Crippen molar-refractivity contribution in [2.75, 3.05) is 32.7 Å². The average molecular weight is 673 g/mol. The van der Waals surface area contributed by atoms with Crippen molar-refractivity contribution in [1.29, 1.82) is 0 Å². The summed E-state index contributed by atoms with van der Waals surface area (Å²) in [5, 5.41) is 21.4. The Hall–Kier alpha value is -4.30. The topological polar surface area (TPSA) is 225 Å². The highest BCUT2D eigenvalue weighted by atomic mass is 16.4. The molecule has 2 saturated heterocycles. The third kappa shape index (κ3) is 13.4. The molecule has 2 heterocycles. The number of carbonyl (C=O) groups excluding carboxylic acids is 4. The van der Waals surface area contributed by atoms with E-state index in [-0.39, 0.29) is 29.1 Å². The van der Waals surface area contributed by atoms with Crippen LogP contribution in [0, 0.1) is 11.3 Å². The fourth-order valence-electron chi connectivity index (χ4n) is 5.83. The number of unbranched alkanes of at least 4 members (excludes halogenated alkanes) is 1. The SMILES string of the molecule is CC(=O)N1CC2(CCN(C(=O)[C@@H](CCCCN)NC(=O)[C@@H](CC(C)C)NC(=O)[C@H](N)Cc3ccccc3)CC2)C1.O=C(O)/C=C/C(=O)O. The second-order valence-electron chi connectivity index (χ2n) is 13.0. The minimum absolute atomic E-state index is 0.0934. The first-order chi connectivity index (χ1) is 22.7. The van der Waals surface area contributed by atoms with Crippen LogP contribution < -0.4 is 22.1 Å². The Kier molecular flexibility index (Phi) is 16.2.